The van der Waals surface area contributed by atoms with E-state index in [9.17, 15) is 4.79 Å². The van der Waals surface area contributed by atoms with Crippen LogP contribution in [0.25, 0.3) is 11.1 Å². The molecule has 0 fully saturated rings. The normalized spacial score (nSPS) is 10.6. The number of hydrogen-bond donors (Lipinski definition) is 2. The van der Waals surface area contributed by atoms with Crippen molar-refractivity contribution in [1.82, 2.24) is 10.3 Å². The molecule has 26 heavy (non-hydrogen) atoms. The molecule has 140 valence electrons. The van der Waals surface area contributed by atoms with Gasteiger partial charge in [-0.15, -0.1) is 0 Å². The minimum atomic E-state index is -0.0976. The molecule has 0 atom stereocenters. The summed E-state index contributed by atoms with van der Waals surface area (Å²) in [4.78, 5) is 16.5. The summed E-state index contributed by atoms with van der Waals surface area (Å²) < 4.78 is 10.7. The van der Waals surface area contributed by atoms with Gasteiger partial charge in [-0.25, -0.2) is 4.98 Å². The predicted molar refractivity (Wildman–Crippen MR) is 103 cm³/mol. The van der Waals surface area contributed by atoms with Gasteiger partial charge in [0.05, 0.1) is 12.8 Å². The summed E-state index contributed by atoms with van der Waals surface area (Å²) in [5.74, 6) is 1.02. The number of nitrogens with zero attached hydrogens (tertiary/aromatic N) is 1. The lowest BCUT2D eigenvalue weighted by atomic mass is 10.0. The van der Waals surface area contributed by atoms with E-state index in [1.165, 1.54) is 0 Å². The highest BCUT2D eigenvalue weighted by Crippen LogP contribution is 2.30. The fourth-order valence-electron chi connectivity index (χ4n) is 2.57. The number of aryl methyl sites for hydroxylation is 1. The molecular formula is C20H27N3O3. The Kier molecular flexibility index (Phi) is 7.41. The number of nitrogens with two attached hydrogens (primary N) is 1. The number of nitrogens with one attached hydrogen (secondary N) is 1. The van der Waals surface area contributed by atoms with Gasteiger partial charge in [0.25, 0.3) is 5.91 Å². The summed E-state index contributed by atoms with van der Waals surface area (Å²) in [5.41, 5.74) is 9.05. The lowest BCUT2D eigenvalue weighted by Crippen LogP contribution is -2.25. The molecule has 1 amide bonds. The topological polar surface area (TPSA) is 86.5 Å². The Morgan fingerprint density at radius 1 is 1.23 bits per heavy atom. The van der Waals surface area contributed by atoms with Crippen LogP contribution in [0.1, 0.15) is 35.8 Å². The maximum Gasteiger partial charge on any atom is 0.251 e. The minimum Gasteiger partial charge on any atom is -0.495 e. The molecule has 0 aliphatic rings. The number of methoxy groups -OCH3 is 1. The second kappa shape index (κ2) is 9.77. The first-order valence-electron chi connectivity index (χ1n) is 8.84. The highest BCUT2D eigenvalue weighted by atomic mass is 16.5. The van der Waals surface area contributed by atoms with E-state index in [0.29, 0.717) is 30.3 Å². The molecule has 6 heteroatoms. The Hall–Kier alpha value is -2.60. The first kappa shape index (κ1) is 19.7. The average Bonchev–Trinajstić information content (AvgIpc) is 2.65. The van der Waals surface area contributed by atoms with Crippen LogP contribution in [-0.2, 0) is 4.74 Å². The van der Waals surface area contributed by atoms with Gasteiger partial charge in [-0.3, -0.25) is 4.79 Å². The molecule has 1 aromatic carbocycles. The molecule has 1 aromatic heterocycles. The number of benzene rings is 1. The molecule has 0 bridgehead atoms. The molecule has 0 spiro atoms. The molecule has 0 saturated carbocycles. The standard InChI is InChI=1S/C20H27N3O3/c1-4-11-26-12-5-10-22-20(24)16-8-6-15(7-9-16)17-13-18(25-3)14(2)23-19(17)21/h6-9,13H,4-5,10-12H2,1-3H3,(H2,21,23)(H,22,24). The molecule has 2 aromatic rings. The zero-order valence-electron chi connectivity index (χ0n) is 15.7. The van der Waals surface area contributed by atoms with E-state index in [1.54, 1.807) is 19.2 Å². The third-order valence-electron chi connectivity index (χ3n) is 3.97. The molecule has 2 rings (SSSR count). The van der Waals surface area contributed by atoms with Crippen molar-refractivity contribution in [2.45, 2.75) is 26.7 Å². The average molecular weight is 357 g/mol. The van der Waals surface area contributed by atoms with Gasteiger partial charge in [0.2, 0.25) is 0 Å². The van der Waals surface area contributed by atoms with Crippen molar-refractivity contribution < 1.29 is 14.3 Å². The molecule has 0 aliphatic heterocycles. The second-order valence-electron chi connectivity index (χ2n) is 6.01. The summed E-state index contributed by atoms with van der Waals surface area (Å²) >= 11 is 0. The maximum absolute atomic E-state index is 12.2. The number of carbonyl (C=O) groups excluding carboxylic acids is 1. The van der Waals surface area contributed by atoms with Crippen molar-refractivity contribution >= 4 is 11.7 Å². The van der Waals surface area contributed by atoms with E-state index in [0.717, 1.165) is 36.3 Å². The lowest BCUT2D eigenvalue weighted by Gasteiger charge is -2.11. The van der Waals surface area contributed by atoms with Crippen LogP contribution >= 0.6 is 0 Å². The third kappa shape index (κ3) is 5.20. The molecule has 0 radical (unpaired) electrons. The van der Waals surface area contributed by atoms with Crippen molar-refractivity contribution in [1.29, 1.82) is 0 Å². The van der Waals surface area contributed by atoms with Crippen LogP contribution in [0.5, 0.6) is 5.75 Å². The van der Waals surface area contributed by atoms with Crippen LogP contribution in [0.15, 0.2) is 30.3 Å². The van der Waals surface area contributed by atoms with Gasteiger partial charge in [0.1, 0.15) is 11.6 Å². The molecule has 1 heterocycles. The number of amides is 1. The number of pyridine rings is 1. The third-order valence-corrected chi connectivity index (χ3v) is 3.97. The van der Waals surface area contributed by atoms with Crippen molar-refractivity contribution in [2.75, 3.05) is 32.6 Å². The minimum absolute atomic E-state index is 0.0976. The van der Waals surface area contributed by atoms with E-state index in [1.807, 2.05) is 25.1 Å². The van der Waals surface area contributed by atoms with E-state index in [-0.39, 0.29) is 5.91 Å². The highest BCUT2D eigenvalue weighted by molar-refractivity contribution is 5.94. The number of aromatic nitrogens is 1. The number of nitrogen functional groups attached to an aromatic ring is 1. The number of hydrogen-bond acceptors (Lipinski definition) is 5. The van der Waals surface area contributed by atoms with Crippen LogP contribution in [-0.4, -0.2) is 37.8 Å². The van der Waals surface area contributed by atoms with Crippen molar-refractivity contribution in [3.05, 3.63) is 41.6 Å². The second-order valence-corrected chi connectivity index (χ2v) is 6.01. The fraction of sp³-hybridized carbons (Fsp3) is 0.400. The number of ether oxygens (including phenoxy) is 2. The van der Waals surface area contributed by atoms with Gasteiger partial charge < -0.3 is 20.5 Å². The summed E-state index contributed by atoms with van der Waals surface area (Å²) in [6, 6.07) is 9.15. The summed E-state index contributed by atoms with van der Waals surface area (Å²) in [6.45, 7) is 5.93. The summed E-state index contributed by atoms with van der Waals surface area (Å²) in [6.07, 6.45) is 1.81. The molecule has 6 nitrogen and oxygen atoms in total. The van der Waals surface area contributed by atoms with Gasteiger partial charge >= 0.3 is 0 Å². The molecule has 0 aliphatic carbocycles. The van der Waals surface area contributed by atoms with Crippen LogP contribution in [0.2, 0.25) is 0 Å². The van der Waals surface area contributed by atoms with Crippen LogP contribution < -0.4 is 15.8 Å². The number of rotatable bonds is 9. The lowest BCUT2D eigenvalue weighted by molar-refractivity contribution is 0.0941. The van der Waals surface area contributed by atoms with Gasteiger partial charge in [0, 0.05) is 30.9 Å². The van der Waals surface area contributed by atoms with E-state index in [2.05, 4.69) is 17.2 Å². The Labute approximate surface area is 154 Å². The molecular weight excluding hydrogens is 330 g/mol. The van der Waals surface area contributed by atoms with Gasteiger partial charge in [0.15, 0.2) is 0 Å². The molecule has 0 unspecified atom stereocenters. The Morgan fingerprint density at radius 3 is 2.62 bits per heavy atom. The van der Waals surface area contributed by atoms with E-state index in [4.69, 9.17) is 15.2 Å². The first-order chi connectivity index (χ1) is 12.6. The zero-order valence-corrected chi connectivity index (χ0v) is 15.7. The van der Waals surface area contributed by atoms with Crippen molar-refractivity contribution in [3.63, 3.8) is 0 Å². The van der Waals surface area contributed by atoms with E-state index < -0.39 is 0 Å². The zero-order chi connectivity index (χ0) is 18.9. The molecule has 3 N–H and O–H groups in total. The highest BCUT2D eigenvalue weighted by Gasteiger charge is 2.11. The van der Waals surface area contributed by atoms with Crippen LogP contribution in [0.4, 0.5) is 5.82 Å². The van der Waals surface area contributed by atoms with E-state index >= 15 is 0 Å². The Balaban J connectivity index is 1.99. The van der Waals surface area contributed by atoms with Crippen molar-refractivity contribution in [3.8, 4) is 16.9 Å². The van der Waals surface area contributed by atoms with Crippen molar-refractivity contribution in [2.24, 2.45) is 0 Å². The van der Waals surface area contributed by atoms with Gasteiger partial charge in [-0.1, -0.05) is 19.1 Å². The van der Waals surface area contributed by atoms with Crippen LogP contribution in [0.3, 0.4) is 0 Å². The Bertz CT molecular complexity index is 730. The first-order valence-corrected chi connectivity index (χ1v) is 8.84. The summed E-state index contributed by atoms with van der Waals surface area (Å²) in [5, 5.41) is 2.90. The monoisotopic (exact) mass is 357 g/mol. The van der Waals surface area contributed by atoms with Gasteiger partial charge in [-0.05, 0) is 43.5 Å². The van der Waals surface area contributed by atoms with Gasteiger partial charge in [-0.2, -0.15) is 0 Å². The smallest absolute Gasteiger partial charge is 0.251 e. The predicted octanol–water partition coefficient (Wildman–Crippen LogP) is 3.19. The Morgan fingerprint density at radius 2 is 1.96 bits per heavy atom. The largest absolute Gasteiger partial charge is 0.495 e. The summed E-state index contributed by atoms with van der Waals surface area (Å²) in [7, 11) is 1.60. The quantitative estimate of drug-likeness (QED) is 0.673. The number of anilines is 1. The number of carbonyl (C=O) groups is 1. The SMILES string of the molecule is CCCOCCCNC(=O)c1ccc(-c2cc(OC)c(C)nc2N)cc1. The fourth-order valence-corrected chi connectivity index (χ4v) is 2.57. The molecule has 0 saturated heterocycles. The van der Waals surface area contributed by atoms with Crippen LogP contribution in [0, 0.1) is 6.92 Å². The maximum atomic E-state index is 12.2.